The number of thiol groups is 1. The van der Waals surface area contributed by atoms with Crippen LogP contribution in [0.4, 0.5) is 4.39 Å². The topological polar surface area (TPSA) is 28.7 Å². The Kier molecular flexibility index (Phi) is 1.35. The number of benzene rings is 1. The summed E-state index contributed by atoms with van der Waals surface area (Å²) in [7, 11) is 0. The van der Waals surface area contributed by atoms with Crippen molar-refractivity contribution in [2.24, 2.45) is 0 Å². The average Bonchev–Trinajstić information content (AvgIpc) is 2.36. The molecule has 2 rings (SSSR count). The molecule has 1 heterocycles. The third kappa shape index (κ3) is 0.991. The van der Waals surface area contributed by atoms with Gasteiger partial charge in [-0.25, -0.2) is 9.37 Å². The monoisotopic (exact) mass is 168 g/mol. The van der Waals surface area contributed by atoms with E-state index < -0.39 is 0 Å². The summed E-state index contributed by atoms with van der Waals surface area (Å²) in [5, 5.41) is 0. The van der Waals surface area contributed by atoms with Crippen LogP contribution in [0.3, 0.4) is 0 Å². The Morgan fingerprint density at radius 3 is 3.09 bits per heavy atom. The molecule has 0 saturated carbocycles. The van der Waals surface area contributed by atoms with Gasteiger partial charge in [-0.3, -0.25) is 0 Å². The minimum atomic E-state index is -0.329. The molecule has 0 aliphatic rings. The number of halogens is 1. The predicted octanol–water partition coefficient (Wildman–Crippen LogP) is 1.99. The van der Waals surface area contributed by atoms with Crippen LogP contribution in [0.1, 0.15) is 0 Å². The first-order chi connectivity index (χ1) is 5.27. The third-order valence-electron chi connectivity index (χ3n) is 1.49. The minimum Gasteiger partial charge on any atom is -0.345 e. The second kappa shape index (κ2) is 2.23. The van der Waals surface area contributed by atoms with Gasteiger partial charge in [0, 0.05) is 11.0 Å². The lowest BCUT2D eigenvalue weighted by Crippen LogP contribution is -1.77. The molecule has 11 heavy (non-hydrogen) atoms. The second-order valence-electron chi connectivity index (χ2n) is 2.22. The van der Waals surface area contributed by atoms with Crippen molar-refractivity contribution in [3.8, 4) is 0 Å². The van der Waals surface area contributed by atoms with E-state index in [2.05, 4.69) is 22.6 Å². The van der Waals surface area contributed by atoms with Crippen LogP contribution in [0.25, 0.3) is 11.0 Å². The molecule has 1 N–H and O–H groups in total. The maximum Gasteiger partial charge on any atom is 0.138 e. The molecule has 4 heteroatoms. The van der Waals surface area contributed by atoms with Crippen LogP contribution < -0.4 is 0 Å². The predicted molar refractivity (Wildman–Crippen MR) is 43.3 cm³/mol. The first-order valence-electron chi connectivity index (χ1n) is 3.09. The van der Waals surface area contributed by atoms with Crippen LogP contribution in [0.15, 0.2) is 23.4 Å². The van der Waals surface area contributed by atoms with E-state index in [0.29, 0.717) is 10.4 Å². The highest BCUT2D eigenvalue weighted by atomic mass is 32.1. The van der Waals surface area contributed by atoms with E-state index in [1.807, 2.05) is 0 Å². The molecule has 0 amide bonds. The number of H-pyrrole nitrogens is 1. The summed E-state index contributed by atoms with van der Waals surface area (Å²) in [5.41, 5.74) is 1.43. The highest BCUT2D eigenvalue weighted by Crippen LogP contribution is 2.18. The molecule has 1 aromatic heterocycles. The summed E-state index contributed by atoms with van der Waals surface area (Å²) < 4.78 is 12.8. The number of nitrogens with one attached hydrogen (secondary N) is 1. The van der Waals surface area contributed by atoms with Gasteiger partial charge < -0.3 is 4.98 Å². The van der Waals surface area contributed by atoms with Gasteiger partial charge >= 0.3 is 0 Å². The van der Waals surface area contributed by atoms with Gasteiger partial charge in [0.2, 0.25) is 0 Å². The van der Waals surface area contributed by atoms with Crippen molar-refractivity contribution in [3.05, 3.63) is 24.3 Å². The van der Waals surface area contributed by atoms with Crippen LogP contribution in [-0.2, 0) is 0 Å². The van der Waals surface area contributed by atoms with Crippen molar-refractivity contribution in [2.45, 2.75) is 4.90 Å². The smallest absolute Gasteiger partial charge is 0.138 e. The molecule has 0 radical (unpaired) electrons. The molecular formula is C7H5FN2S. The fraction of sp³-hybridized carbons (Fsp3) is 0. The number of aromatic amines is 1. The Balaban J connectivity index is 2.86. The van der Waals surface area contributed by atoms with Crippen LogP contribution in [-0.4, -0.2) is 9.97 Å². The zero-order valence-corrected chi connectivity index (χ0v) is 6.40. The Bertz CT molecular complexity index is 360. The van der Waals surface area contributed by atoms with Gasteiger partial charge in [0.05, 0.1) is 17.4 Å². The van der Waals surface area contributed by atoms with Gasteiger partial charge in [0.25, 0.3) is 0 Å². The minimum absolute atomic E-state index is 0.324. The van der Waals surface area contributed by atoms with E-state index in [-0.39, 0.29) is 5.82 Å². The third-order valence-corrected chi connectivity index (χ3v) is 1.83. The quantitative estimate of drug-likeness (QED) is 0.578. The molecule has 0 saturated heterocycles. The summed E-state index contributed by atoms with van der Waals surface area (Å²) in [6.07, 6.45) is 1.53. The molecule has 0 unspecified atom stereocenters. The van der Waals surface area contributed by atoms with Crippen LogP contribution in [0.2, 0.25) is 0 Å². The average molecular weight is 168 g/mol. The molecule has 0 aliphatic carbocycles. The van der Waals surface area contributed by atoms with Crippen LogP contribution in [0.5, 0.6) is 0 Å². The molecule has 1 aromatic carbocycles. The fourth-order valence-electron chi connectivity index (χ4n) is 0.945. The number of hydrogen-bond donors (Lipinski definition) is 2. The van der Waals surface area contributed by atoms with Crippen molar-refractivity contribution < 1.29 is 4.39 Å². The number of nitrogens with zero attached hydrogens (tertiary/aromatic N) is 1. The van der Waals surface area contributed by atoms with Gasteiger partial charge in [-0.05, 0) is 6.07 Å². The Morgan fingerprint density at radius 2 is 2.27 bits per heavy atom. The van der Waals surface area contributed by atoms with Gasteiger partial charge in [-0.1, -0.05) is 0 Å². The van der Waals surface area contributed by atoms with Gasteiger partial charge in [0.15, 0.2) is 0 Å². The van der Waals surface area contributed by atoms with Gasteiger partial charge in [0.1, 0.15) is 5.82 Å². The molecule has 2 aromatic rings. The number of fused-ring (bicyclic) bond motifs is 1. The van der Waals surface area contributed by atoms with E-state index in [1.165, 1.54) is 12.4 Å². The first-order valence-corrected chi connectivity index (χ1v) is 3.53. The summed E-state index contributed by atoms with van der Waals surface area (Å²) in [6, 6.07) is 2.97. The van der Waals surface area contributed by atoms with Crippen molar-refractivity contribution in [3.63, 3.8) is 0 Å². The number of aromatic nitrogens is 2. The van der Waals surface area contributed by atoms with Crippen molar-refractivity contribution in [1.82, 2.24) is 9.97 Å². The fourth-order valence-corrected chi connectivity index (χ4v) is 1.13. The molecule has 2 nitrogen and oxygen atoms in total. The lowest BCUT2D eigenvalue weighted by Gasteiger charge is -1.92. The Labute approximate surface area is 67.9 Å². The standard InChI is InChI=1S/C7H5FN2S/c8-4-1-5-6(2-7(4)11)10-3-9-5/h1-3,11H,(H,9,10). The largest absolute Gasteiger partial charge is 0.345 e. The normalized spacial score (nSPS) is 10.7. The summed E-state index contributed by atoms with van der Waals surface area (Å²) in [4.78, 5) is 7.08. The van der Waals surface area contributed by atoms with E-state index >= 15 is 0 Å². The van der Waals surface area contributed by atoms with E-state index in [9.17, 15) is 4.39 Å². The van der Waals surface area contributed by atoms with Gasteiger partial charge in [-0.2, -0.15) is 0 Å². The van der Waals surface area contributed by atoms with Gasteiger partial charge in [-0.15, -0.1) is 12.6 Å². The molecule has 0 bridgehead atoms. The molecule has 0 atom stereocenters. The molecule has 0 fully saturated rings. The zero-order chi connectivity index (χ0) is 7.84. The van der Waals surface area contributed by atoms with Crippen LogP contribution >= 0.6 is 12.6 Å². The lowest BCUT2D eigenvalue weighted by molar-refractivity contribution is 0.604. The van der Waals surface area contributed by atoms with Crippen molar-refractivity contribution in [1.29, 1.82) is 0 Å². The van der Waals surface area contributed by atoms with Crippen molar-refractivity contribution >= 4 is 23.7 Å². The maximum atomic E-state index is 12.8. The lowest BCUT2D eigenvalue weighted by atomic mass is 10.3. The highest BCUT2D eigenvalue weighted by Gasteiger charge is 2.01. The summed E-state index contributed by atoms with van der Waals surface area (Å²) in [5.74, 6) is -0.329. The number of rotatable bonds is 0. The summed E-state index contributed by atoms with van der Waals surface area (Å²) in [6.45, 7) is 0. The second-order valence-corrected chi connectivity index (χ2v) is 2.71. The molecule has 56 valence electrons. The SMILES string of the molecule is Fc1cc2[nH]cnc2cc1S. The van der Waals surface area contributed by atoms with Crippen molar-refractivity contribution in [2.75, 3.05) is 0 Å². The number of imidazole rings is 1. The van der Waals surface area contributed by atoms with E-state index in [1.54, 1.807) is 6.07 Å². The number of hydrogen-bond acceptors (Lipinski definition) is 2. The molecule has 0 spiro atoms. The first kappa shape index (κ1) is 6.67. The molecule has 0 aliphatic heterocycles. The maximum absolute atomic E-state index is 12.8. The zero-order valence-electron chi connectivity index (χ0n) is 5.50. The Hall–Kier alpha value is -1.03. The van der Waals surface area contributed by atoms with E-state index in [4.69, 9.17) is 0 Å². The summed E-state index contributed by atoms with van der Waals surface area (Å²) >= 11 is 3.92. The van der Waals surface area contributed by atoms with E-state index in [0.717, 1.165) is 5.52 Å². The van der Waals surface area contributed by atoms with Crippen LogP contribution in [0, 0.1) is 5.82 Å². The molecular weight excluding hydrogens is 163 g/mol. The highest BCUT2D eigenvalue weighted by molar-refractivity contribution is 7.80. The Morgan fingerprint density at radius 1 is 1.45 bits per heavy atom.